The van der Waals surface area contributed by atoms with Gasteiger partial charge in [0.25, 0.3) is 5.56 Å². The van der Waals surface area contributed by atoms with E-state index in [0.717, 1.165) is 12.1 Å². The summed E-state index contributed by atoms with van der Waals surface area (Å²) in [6.07, 6.45) is 0. The molecular formula is C18H16F2N4O2. The van der Waals surface area contributed by atoms with E-state index in [0.29, 0.717) is 23.3 Å². The number of urea groups is 1. The number of carbonyl (C=O) groups excluding carboxylic acids is 1. The lowest BCUT2D eigenvalue weighted by Gasteiger charge is -2.21. The fourth-order valence-corrected chi connectivity index (χ4v) is 2.49. The standard InChI is InChI=1S/C18H16F2N4O2/c1-2-24(18(26)21-11-7-8-13(19)14(20)9-11)10-16-22-15-6-4-3-5-12(15)17(25)23-16/h3-9H,2,10H2,1H3,(H,21,26)(H,22,23,25). The second-order valence-corrected chi connectivity index (χ2v) is 5.60. The van der Waals surface area contributed by atoms with Crippen LogP contribution < -0.4 is 10.9 Å². The zero-order valence-electron chi connectivity index (χ0n) is 13.9. The summed E-state index contributed by atoms with van der Waals surface area (Å²) in [5, 5.41) is 2.96. The number of H-pyrrole nitrogens is 1. The summed E-state index contributed by atoms with van der Waals surface area (Å²) in [7, 11) is 0. The maximum absolute atomic E-state index is 13.3. The first-order valence-electron chi connectivity index (χ1n) is 7.97. The number of anilines is 1. The molecule has 8 heteroatoms. The van der Waals surface area contributed by atoms with E-state index in [-0.39, 0.29) is 17.8 Å². The van der Waals surface area contributed by atoms with Crippen molar-refractivity contribution in [2.75, 3.05) is 11.9 Å². The summed E-state index contributed by atoms with van der Waals surface area (Å²) in [5.41, 5.74) is 0.373. The molecule has 1 heterocycles. The van der Waals surface area contributed by atoms with Gasteiger partial charge in [0, 0.05) is 18.3 Å². The zero-order valence-corrected chi connectivity index (χ0v) is 13.9. The van der Waals surface area contributed by atoms with E-state index in [1.54, 1.807) is 31.2 Å². The Morgan fingerprint density at radius 1 is 1.19 bits per heavy atom. The van der Waals surface area contributed by atoms with Crippen LogP contribution in [0.15, 0.2) is 47.3 Å². The molecule has 0 saturated carbocycles. The van der Waals surface area contributed by atoms with Crippen LogP contribution in [0.3, 0.4) is 0 Å². The minimum absolute atomic E-state index is 0.0616. The van der Waals surface area contributed by atoms with E-state index in [2.05, 4.69) is 15.3 Å². The van der Waals surface area contributed by atoms with Crippen molar-refractivity contribution in [3.63, 3.8) is 0 Å². The minimum atomic E-state index is -1.05. The fraction of sp³-hybridized carbons (Fsp3) is 0.167. The highest BCUT2D eigenvalue weighted by Gasteiger charge is 2.15. The average molecular weight is 358 g/mol. The summed E-state index contributed by atoms with van der Waals surface area (Å²) in [5.74, 6) is -1.71. The van der Waals surface area contributed by atoms with Gasteiger partial charge in [0.15, 0.2) is 11.6 Å². The lowest BCUT2D eigenvalue weighted by molar-refractivity contribution is 0.211. The van der Waals surface area contributed by atoms with Gasteiger partial charge in [-0.2, -0.15) is 0 Å². The van der Waals surface area contributed by atoms with Crippen molar-refractivity contribution in [3.8, 4) is 0 Å². The van der Waals surface area contributed by atoms with E-state index in [9.17, 15) is 18.4 Å². The number of nitrogens with one attached hydrogen (secondary N) is 2. The SMILES string of the molecule is CCN(Cc1nc2ccccc2c(=O)[nH]1)C(=O)Nc1ccc(F)c(F)c1. The highest BCUT2D eigenvalue weighted by Crippen LogP contribution is 2.14. The number of fused-ring (bicyclic) bond motifs is 1. The van der Waals surface area contributed by atoms with Crippen LogP contribution in [0.25, 0.3) is 10.9 Å². The molecule has 2 aromatic carbocycles. The van der Waals surface area contributed by atoms with Crippen LogP contribution in [0, 0.1) is 11.6 Å². The molecule has 0 spiro atoms. The number of nitrogens with zero attached hydrogens (tertiary/aromatic N) is 2. The Morgan fingerprint density at radius 3 is 2.69 bits per heavy atom. The molecule has 0 bridgehead atoms. The molecule has 3 aromatic rings. The van der Waals surface area contributed by atoms with Crippen LogP contribution >= 0.6 is 0 Å². The predicted molar refractivity (Wildman–Crippen MR) is 93.8 cm³/mol. The van der Waals surface area contributed by atoms with Gasteiger partial charge in [0.05, 0.1) is 17.4 Å². The van der Waals surface area contributed by atoms with Crippen molar-refractivity contribution >= 4 is 22.6 Å². The first-order chi connectivity index (χ1) is 12.5. The molecule has 0 radical (unpaired) electrons. The summed E-state index contributed by atoms with van der Waals surface area (Å²) >= 11 is 0. The lowest BCUT2D eigenvalue weighted by atomic mass is 10.2. The molecule has 0 aliphatic heterocycles. The molecule has 2 amide bonds. The van der Waals surface area contributed by atoms with Crippen molar-refractivity contribution in [2.45, 2.75) is 13.5 Å². The van der Waals surface area contributed by atoms with E-state index in [1.807, 2.05) is 0 Å². The Labute approximate surface area is 147 Å². The molecule has 0 atom stereocenters. The van der Waals surface area contributed by atoms with E-state index < -0.39 is 17.7 Å². The Hall–Kier alpha value is -3.29. The van der Waals surface area contributed by atoms with Gasteiger partial charge in [0.1, 0.15) is 5.82 Å². The Bertz CT molecular complexity index is 1020. The van der Waals surface area contributed by atoms with E-state index in [1.165, 1.54) is 11.0 Å². The number of carbonyl (C=O) groups is 1. The second-order valence-electron chi connectivity index (χ2n) is 5.60. The van der Waals surface area contributed by atoms with Gasteiger partial charge in [-0.05, 0) is 31.2 Å². The van der Waals surface area contributed by atoms with E-state index >= 15 is 0 Å². The first-order valence-corrected chi connectivity index (χ1v) is 7.97. The molecule has 0 aliphatic rings. The van der Waals surface area contributed by atoms with Gasteiger partial charge >= 0.3 is 6.03 Å². The summed E-state index contributed by atoms with van der Waals surface area (Å²) in [6, 6.07) is 9.47. The smallest absolute Gasteiger partial charge is 0.317 e. The van der Waals surface area contributed by atoms with Gasteiger partial charge in [-0.25, -0.2) is 18.6 Å². The van der Waals surface area contributed by atoms with Gasteiger partial charge in [-0.3, -0.25) is 4.79 Å². The first kappa shape index (κ1) is 17.5. The maximum Gasteiger partial charge on any atom is 0.322 e. The number of hydrogen-bond acceptors (Lipinski definition) is 3. The molecule has 0 fully saturated rings. The van der Waals surface area contributed by atoms with Gasteiger partial charge in [-0.15, -0.1) is 0 Å². The number of para-hydroxylation sites is 1. The largest absolute Gasteiger partial charge is 0.322 e. The van der Waals surface area contributed by atoms with Crippen LogP contribution in [-0.2, 0) is 6.54 Å². The van der Waals surface area contributed by atoms with E-state index in [4.69, 9.17) is 0 Å². The number of halogens is 2. The number of aromatic nitrogens is 2. The number of aromatic amines is 1. The maximum atomic E-state index is 13.3. The summed E-state index contributed by atoms with van der Waals surface area (Å²) < 4.78 is 26.2. The fourth-order valence-electron chi connectivity index (χ4n) is 2.49. The predicted octanol–water partition coefficient (Wildman–Crippen LogP) is 3.26. The van der Waals surface area contributed by atoms with Crippen LogP contribution in [0.4, 0.5) is 19.3 Å². The molecule has 3 rings (SSSR count). The molecule has 0 aliphatic carbocycles. The van der Waals surface area contributed by atoms with Crippen molar-refractivity contribution in [2.24, 2.45) is 0 Å². The van der Waals surface area contributed by atoms with Crippen molar-refractivity contribution in [3.05, 3.63) is 70.3 Å². The van der Waals surface area contributed by atoms with Crippen LogP contribution in [-0.4, -0.2) is 27.4 Å². The summed E-state index contributed by atoms with van der Waals surface area (Å²) in [6.45, 7) is 2.14. The number of amides is 2. The molecule has 2 N–H and O–H groups in total. The molecule has 0 unspecified atom stereocenters. The zero-order chi connectivity index (χ0) is 18.7. The Kier molecular flexibility index (Phi) is 4.92. The third kappa shape index (κ3) is 3.69. The molecule has 26 heavy (non-hydrogen) atoms. The minimum Gasteiger partial charge on any atom is -0.317 e. The highest BCUT2D eigenvalue weighted by molar-refractivity contribution is 5.89. The topological polar surface area (TPSA) is 78.1 Å². The molecule has 0 saturated heterocycles. The summed E-state index contributed by atoms with van der Waals surface area (Å²) in [4.78, 5) is 32.9. The number of benzene rings is 2. The third-order valence-electron chi connectivity index (χ3n) is 3.84. The Morgan fingerprint density at radius 2 is 1.96 bits per heavy atom. The third-order valence-corrected chi connectivity index (χ3v) is 3.84. The Balaban J connectivity index is 1.79. The molecular weight excluding hydrogens is 342 g/mol. The van der Waals surface area contributed by atoms with Crippen LogP contribution in [0.1, 0.15) is 12.7 Å². The van der Waals surface area contributed by atoms with Crippen molar-refractivity contribution in [1.29, 1.82) is 0 Å². The second kappa shape index (κ2) is 7.30. The molecule has 6 nitrogen and oxygen atoms in total. The van der Waals surface area contributed by atoms with Crippen molar-refractivity contribution in [1.82, 2.24) is 14.9 Å². The normalized spacial score (nSPS) is 10.7. The van der Waals surface area contributed by atoms with Crippen LogP contribution in [0.5, 0.6) is 0 Å². The number of hydrogen-bond donors (Lipinski definition) is 2. The molecule has 1 aromatic heterocycles. The van der Waals surface area contributed by atoms with Gasteiger partial charge in [-0.1, -0.05) is 12.1 Å². The average Bonchev–Trinajstić information content (AvgIpc) is 2.62. The quantitative estimate of drug-likeness (QED) is 0.751. The van der Waals surface area contributed by atoms with Gasteiger partial charge in [0.2, 0.25) is 0 Å². The monoisotopic (exact) mass is 358 g/mol. The lowest BCUT2D eigenvalue weighted by Crippen LogP contribution is -2.35. The van der Waals surface area contributed by atoms with Crippen molar-refractivity contribution < 1.29 is 13.6 Å². The molecule has 134 valence electrons. The van der Waals surface area contributed by atoms with Crippen LogP contribution in [0.2, 0.25) is 0 Å². The number of rotatable bonds is 4. The van der Waals surface area contributed by atoms with Gasteiger partial charge < -0.3 is 15.2 Å². The highest BCUT2D eigenvalue weighted by atomic mass is 19.2.